The van der Waals surface area contributed by atoms with Crippen LogP contribution in [0, 0.1) is 0 Å². The number of anilines is 1. The van der Waals surface area contributed by atoms with Gasteiger partial charge in [-0.2, -0.15) is 0 Å². The molecule has 76 valence electrons. The van der Waals surface area contributed by atoms with Crippen LogP contribution in [0.1, 0.15) is 0 Å². The third kappa shape index (κ3) is 2.44. The van der Waals surface area contributed by atoms with Gasteiger partial charge in [-0.1, -0.05) is 12.1 Å². The molecule has 7 heteroatoms. The molecule has 1 rings (SSSR count). The fourth-order valence-corrected chi connectivity index (χ4v) is 1.63. The average Bonchev–Trinajstić information content (AvgIpc) is 2.01. The Morgan fingerprint density at radius 1 is 1.36 bits per heavy atom. The van der Waals surface area contributed by atoms with E-state index >= 15 is 0 Å². The third-order valence-corrected chi connectivity index (χ3v) is 2.40. The summed E-state index contributed by atoms with van der Waals surface area (Å²) in [5, 5.41) is 15.2. The third-order valence-electron chi connectivity index (χ3n) is 1.44. The van der Waals surface area contributed by atoms with Gasteiger partial charge in [-0.3, -0.25) is 5.32 Å². The van der Waals surface area contributed by atoms with Crippen LogP contribution < -0.4 is 10.5 Å². The molecular weight excluding hydrogens is 208 g/mol. The first-order valence-corrected chi connectivity index (χ1v) is 5.07. The maximum atomic E-state index is 11.0. The van der Waals surface area contributed by atoms with Gasteiger partial charge in [0.1, 0.15) is 4.90 Å². The minimum atomic E-state index is -3.90. The number of nitrogens with one attached hydrogen (secondary N) is 1. The molecule has 0 bridgehead atoms. The van der Waals surface area contributed by atoms with E-state index in [-0.39, 0.29) is 10.6 Å². The van der Waals surface area contributed by atoms with Gasteiger partial charge in [0.05, 0.1) is 5.69 Å². The van der Waals surface area contributed by atoms with Crippen molar-refractivity contribution in [3.8, 4) is 0 Å². The predicted octanol–water partition coefficient (Wildman–Crippen LogP) is 0.424. The van der Waals surface area contributed by atoms with Gasteiger partial charge in [0.2, 0.25) is 10.0 Å². The lowest BCUT2D eigenvalue weighted by Crippen LogP contribution is -2.16. The Bertz CT molecular complexity index is 455. The molecule has 0 aliphatic rings. The molecule has 0 saturated heterocycles. The van der Waals surface area contributed by atoms with Gasteiger partial charge < -0.3 is 5.11 Å². The van der Waals surface area contributed by atoms with Crippen molar-refractivity contribution in [2.24, 2.45) is 5.14 Å². The predicted molar refractivity (Wildman–Crippen MR) is 49.5 cm³/mol. The van der Waals surface area contributed by atoms with Crippen molar-refractivity contribution in [2.75, 3.05) is 5.32 Å². The van der Waals surface area contributed by atoms with E-state index in [2.05, 4.69) is 0 Å². The van der Waals surface area contributed by atoms with Crippen molar-refractivity contribution in [1.82, 2.24) is 0 Å². The number of rotatable bonds is 2. The fraction of sp³-hybridized carbons (Fsp3) is 0. The number of carboxylic acid groups (broad SMARTS) is 1. The van der Waals surface area contributed by atoms with Crippen LogP contribution in [0.5, 0.6) is 0 Å². The quantitative estimate of drug-likeness (QED) is 0.665. The van der Waals surface area contributed by atoms with E-state index in [1.807, 2.05) is 5.32 Å². The summed E-state index contributed by atoms with van der Waals surface area (Å²) in [5.41, 5.74) is -0.0532. The highest BCUT2D eigenvalue weighted by atomic mass is 32.2. The van der Waals surface area contributed by atoms with E-state index in [4.69, 9.17) is 10.2 Å². The van der Waals surface area contributed by atoms with Crippen LogP contribution in [0.2, 0.25) is 0 Å². The normalized spacial score (nSPS) is 10.9. The number of primary sulfonamides is 1. The Labute approximate surface area is 80.4 Å². The number of benzene rings is 1. The van der Waals surface area contributed by atoms with Gasteiger partial charge in [0.25, 0.3) is 0 Å². The number of hydrogen-bond donors (Lipinski definition) is 3. The van der Waals surface area contributed by atoms with Gasteiger partial charge >= 0.3 is 6.09 Å². The fourth-order valence-electron chi connectivity index (χ4n) is 0.933. The Balaban J connectivity index is 3.23. The minimum Gasteiger partial charge on any atom is -0.465 e. The average molecular weight is 216 g/mol. The van der Waals surface area contributed by atoms with Crippen molar-refractivity contribution in [1.29, 1.82) is 0 Å². The standard InChI is InChI=1S/C7H8N2O4S/c8-14(12,13)6-4-2-1-3-5(6)9-7(10)11/h1-4,9H,(H,10,11)(H2,8,12,13). The smallest absolute Gasteiger partial charge is 0.409 e. The van der Waals surface area contributed by atoms with Crippen LogP contribution in [0.15, 0.2) is 29.2 Å². The van der Waals surface area contributed by atoms with Gasteiger partial charge in [-0.15, -0.1) is 0 Å². The lowest BCUT2D eigenvalue weighted by atomic mass is 10.3. The first-order chi connectivity index (χ1) is 6.41. The highest BCUT2D eigenvalue weighted by molar-refractivity contribution is 7.89. The molecule has 0 radical (unpaired) electrons. The molecule has 0 aromatic heterocycles. The van der Waals surface area contributed by atoms with Crippen molar-refractivity contribution in [3.05, 3.63) is 24.3 Å². The molecule has 0 saturated carbocycles. The van der Waals surface area contributed by atoms with E-state index in [0.29, 0.717) is 0 Å². The number of sulfonamides is 1. The molecule has 0 fully saturated rings. The van der Waals surface area contributed by atoms with Gasteiger partial charge in [0.15, 0.2) is 0 Å². The monoisotopic (exact) mass is 216 g/mol. The summed E-state index contributed by atoms with van der Waals surface area (Å²) in [6, 6.07) is 5.49. The summed E-state index contributed by atoms with van der Waals surface area (Å²) < 4.78 is 22.0. The summed E-state index contributed by atoms with van der Waals surface area (Å²) in [4.78, 5) is 10.1. The maximum absolute atomic E-state index is 11.0. The number of carbonyl (C=O) groups is 1. The second kappa shape index (κ2) is 3.64. The molecule has 4 N–H and O–H groups in total. The molecule has 6 nitrogen and oxygen atoms in total. The van der Waals surface area contributed by atoms with Crippen molar-refractivity contribution in [3.63, 3.8) is 0 Å². The minimum absolute atomic E-state index is 0.0532. The SMILES string of the molecule is NS(=O)(=O)c1ccccc1NC(=O)O. The van der Waals surface area contributed by atoms with E-state index in [1.165, 1.54) is 24.3 Å². The van der Waals surface area contributed by atoms with E-state index in [1.54, 1.807) is 0 Å². The zero-order valence-electron chi connectivity index (χ0n) is 6.97. The molecule has 1 aromatic carbocycles. The first-order valence-electron chi connectivity index (χ1n) is 3.53. The molecule has 0 aliphatic carbocycles. The van der Waals surface area contributed by atoms with Crippen molar-refractivity contribution in [2.45, 2.75) is 4.90 Å². The maximum Gasteiger partial charge on any atom is 0.409 e. The summed E-state index contributed by atoms with van der Waals surface area (Å²) in [6.45, 7) is 0. The van der Waals surface area contributed by atoms with E-state index in [0.717, 1.165) is 0 Å². The molecule has 0 spiro atoms. The molecule has 1 aromatic rings. The van der Waals surface area contributed by atoms with Crippen LogP contribution in [0.3, 0.4) is 0 Å². The second-order valence-electron chi connectivity index (χ2n) is 2.47. The lowest BCUT2D eigenvalue weighted by molar-refractivity contribution is 0.209. The Morgan fingerprint density at radius 2 is 1.93 bits per heavy atom. The summed E-state index contributed by atoms with van der Waals surface area (Å²) in [7, 11) is -3.90. The molecule has 1 amide bonds. The number of para-hydroxylation sites is 1. The van der Waals surface area contributed by atoms with E-state index < -0.39 is 16.1 Å². The molecule has 0 aliphatic heterocycles. The zero-order valence-corrected chi connectivity index (χ0v) is 7.78. The highest BCUT2D eigenvalue weighted by Gasteiger charge is 2.13. The molecular formula is C7H8N2O4S. The van der Waals surface area contributed by atoms with Crippen molar-refractivity contribution >= 4 is 21.8 Å². The number of amides is 1. The number of nitrogens with two attached hydrogens (primary N) is 1. The Kier molecular flexibility index (Phi) is 2.73. The molecule has 0 heterocycles. The second-order valence-corrected chi connectivity index (χ2v) is 4.00. The van der Waals surface area contributed by atoms with Crippen LogP contribution in [0.4, 0.5) is 10.5 Å². The Morgan fingerprint density at radius 3 is 2.43 bits per heavy atom. The topological polar surface area (TPSA) is 109 Å². The van der Waals surface area contributed by atoms with Crippen molar-refractivity contribution < 1.29 is 18.3 Å². The lowest BCUT2D eigenvalue weighted by Gasteiger charge is -2.05. The molecule has 0 unspecified atom stereocenters. The van der Waals surface area contributed by atoms with Gasteiger partial charge in [-0.05, 0) is 12.1 Å². The Hall–Kier alpha value is -1.60. The summed E-state index contributed by atoms with van der Waals surface area (Å²) in [6.07, 6.45) is -1.35. The largest absolute Gasteiger partial charge is 0.465 e. The summed E-state index contributed by atoms with van der Waals surface area (Å²) >= 11 is 0. The molecule has 14 heavy (non-hydrogen) atoms. The van der Waals surface area contributed by atoms with Crippen LogP contribution in [0.25, 0.3) is 0 Å². The summed E-state index contributed by atoms with van der Waals surface area (Å²) in [5.74, 6) is 0. The molecule has 0 atom stereocenters. The first kappa shape index (κ1) is 10.5. The zero-order chi connectivity index (χ0) is 10.8. The van der Waals surface area contributed by atoms with Gasteiger partial charge in [0, 0.05) is 0 Å². The van der Waals surface area contributed by atoms with Crippen LogP contribution >= 0.6 is 0 Å². The number of hydrogen-bond acceptors (Lipinski definition) is 3. The van der Waals surface area contributed by atoms with Crippen LogP contribution in [-0.4, -0.2) is 19.6 Å². The van der Waals surface area contributed by atoms with Crippen LogP contribution in [-0.2, 0) is 10.0 Å². The van der Waals surface area contributed by atoms with Gasteiger partial charge in [-0.25, -0.2) is 18.4 Å². The van der Waals surface area contributed by atoms with E-state index in [9.17, 15) is 13.2 Å². The highest BCUT2D eigenvalue weighted by Crippen LogP contribution is 2.18.